The molecule has 0 unspecified atom stereocenters. The third kappa shape index (κ3) is 7.35. The molecule has 1 aromatic heterocycles. The number of halogens is 1. The number of nitrogens with zero attached hydrogens (tertiary/aromatic N) is 3. The molecule has 214 valence electrons. The van der Waals surface area contributed by atoms with E-state index in [0.717, 1.165) is 17.7 Å². The number of likely N-dealkylation sites (N-methyl/N-ethyl adjacent to an activating group) is 1. The normalized spacial score (nSPS) is 18.8. The van der Waals surface area contributed by atoms with Crippen molar-refractivity contribution in [1.29, 1.82) is 0 Å². The van der Waals surface area contributed by atoms with Crippen molar-refractivity contribution in [2.24, 2.45) is 5.92 Å². The van der Waals surface area contributed by atoms with Crippen molar-refractivity contribution in [3.63, 3.8) is 0 Å². The molecule has 3 aromatic rings. The van der Waals surface area contributed by atoms with Gasteiger partial charge in [0.05, 0.1) is 24.0 Å². The number of anilines is 1. The third-order valence-corrected chi connectivity index (χ3v) is 8.38. The van der Waals surface area contributed by atoms with Crippen LogP contribution >= 0.6 is 0 Å². The number of aliphatic hydroxyl groups excluding tert-OH is 1. The fourth-order valence-corrected chi connectivity index (χ4v) is 5.76. The fraction of sp³-hybridized carbons (Fsp3) is 0.379. The lowest BCUT2D eigenvalue weighted by atomic mass is 10.0. The van der Waals surface area contributed by atoms with Crippen LogP contribution in [0.15, 0.2) is 71.9 Å². The van der Waals surface area contributed by atoms with E-state index in [-0.39, 0.29) is 41.5 Å². The summed E-state index contributed by atoms with van der Waals surface area (Å²) in [5.41, 5.74) is 1.88. The molecule has 2 aromatic carbocycles. The number of carbonyl (C=O) groups is 1. The van der Waals surface area contributed by atoms with Gasteiger partial charge in [-0.3, -0.25) is 19.4 Å². The van der Waals surface area contributed by atoms with Crippen LogP contribution in [0.25, 0.3) is 0 Å². The molecule has 0 radical (unpaired) electrons. The minimum Gasteiger partial charge on any atom is -0.488 e. The zero-order valence-electron chi connectivity index (χ0n) is 22.8. The molecule has 9 nitrogen and oxygen atoms in total. The second-order valence-corrected chi connectivity index (χ2v) is 12.0. The van der Waals surface area contributed by atoms with Crippen LogP contribution in [0.2, 0.25) is 0 Å². The first kappa shape index (κ1) is 29.4. The summed E-state index contributed by atoms with van der Waals surface area (Å²) in [6.07, 6.45) is 3.17. The average molecular weight is 571 g/mol. The van der Waals surface area contributed by atoms with Gasteiger partial charge in [-0.2, -0.15) is 0 Å². The lowest BCUT2D eigenvalue weighted by Gasteiger charge is -2.34. The summed E-state index contributed by atoms with van der Waals surface area (Å²) in [7, 11) is -1.99. The van der Waals surface area contributed by atoms with Crippen molar-refractivity contribution < 1.29 is 27.4 Å². The Hall–Kier alpha value is -3.54. The van der Waals surface area contributed by atoms with E-state index in [1.807, 2.05) is 26.1 Å². The maximum Gasteiger partial charge on any atom is 0.261 e. The molecule has 2 N–H and O–H groups in total. The second kappa shape index (κ2) is 12.8. The van der Waals surface area contributed by atoms with Crippen LogP contribution in [-0.2, 0) is 27.8 Å². The number of hydrogen-bond donors (Lipinski definition) is 2. The van der Waals surface area contributed by atoms with Gasteiger partial charge in [0, 0.05) is 49.2 Å². The number of aromatic nitrogens is 1. The zero-order valence-corrected chi connectivity index (χ0v) is 23.6. The Morgan fingerprint density at radius 1 is 1.18 bits per heavy atom. The lowest BCUT2D eigenvalue weighted by Crippen LogP contribution is -2.47. The van der Waals surface area contributed by atoms with E-state index >= 15 is 0 Å². The van der Waals surface area contributed by atoms with Crippen molar-refractivity contribution in [3.05, 3.63) is 83.9 Å². The van der Waals surface area contributed by atoms with Crippen molar-refractivity contribution in [2.75, 3.05) is 31.5 Å². The van der Waals surface area contributed by atoms with Crippen molar-refractivity contribution >= 4 is 21.6 Å². The van der Waals surface area contributed by atoms with Gasteiger partial charge in [0.25, 0.3) is 10.0 Å². The molecule has 3 atom stereocenters. The number of sulfonamides is 1. The summed E-state index contributed by atoms with van der Waals surface area (Å²) in [5.74, 6) is -0.308. The number of ether oxygens (including phenoxy) is 1. The SMILES string of the molecule is C[C@H](CO)N1C[C@H](C)[C@H](CN(C)Cc2ccncc2)Oc2ccc(NS(=O)(=O)c3ccc(F)cc3)cc2CC1=O. The van der Waals surface area contributed by atoms with Gasteiger partial charge in [-0.15, -0.1) is 0 Å². The standard InChI is InChI=1S/C29H35FN4O5S/c1-20-16-34(21(2)19-35)29(36)15-23-14-25(32-40(37,38)26-7-4-24(30)5-8-26)6-9-27(23)39-28(20)18-33(3)17-22-10-12-31-13-11-22/h4-14,20-21,28,32,35H,15-19H2,1-3H3/t20-,21+,28-/m0/s1. The first-order chi connectivity index (χ1) is 19.1. The highest BCUT2D eigenvalue weighted by atomic mass is 32.2. The molecule has 2 heterocycles. The minimum atomic E-state index is -3.98. The van der Waals surface area contributed by atoms with Crippen molar-refractivity contribution in [1.82, 2.24) is 14.8 Å². The summed E-state index contributed by atoms with van der Waals surface area (Å²) in [5, 5.41) is 9.85. The third-order valence-electron chi connectivity index (χ3n) is 6.99. The molecule has 0 bridgehead atoms. The monoisotopic (exact) mass is 570 g/mol. The van der Waals surface area contributed by atoms with Crippen LogP contribution in [-0.4, -0.2) is 73.1 Å². The first-order valence-electron chi connectivity index (χ1n) is 13.1. The fourth-order valence-electron chi connectivity index (χ4n) is 4.71. The van der Waals surface area contributed by atoms with Gasteiger partial charge >= 0.3 is 0 Å². The maximum absolute atomic E-state index is 13.4. The van der Waals surface area contributed by atoms with Gasteiger partial charge in [-0.05, 0) is 74.1 Å². The number of hydrogen-bond acceptors (Lipinski definition) is 7. The van der Waals surface area contributed by atoms with Gasteiger partial charge in [-0.25, -0.2) is 12.8 Å². The molecule has 0 spiro atoms. The van der Waals surface area contributed by atoms with E-state index in [1.165, 1.54) is 12.1 Å². The molecule has 4 rings (SSSR count). The number of rotatable bonds is 9. The van der Waals surface area contributed by atoms with Gasteiger partial charge in [-0.1, -0.05) is 6.92 Å². The van der Waals surface area contributed by atoms with E-state index in [1.54, 1.807) is 42.4 Å². The maximum atomic E-state index is 13.4. The number of fused-ring (bicyclic) bond motifs is 1. The van der Waals surface area contributed by atoms with E-state index in [9.17, 15) is 22.7 Å². The van der Waals surface area contributed by atoms with Crippen molar-refractivity contribution in [2.45, 2.75) is 43.9 Å². The first-order valence-corrected chi connectivity index (χ1v) is 14.6. The summed E-state index contributed by atoms with van der Waals surface area (Å²) in [4.78, 5) is 21.2. The Bertz CT molecular complexity index is 1410. The zero-order chi connectivity index (χ0) is 28.9. The molecule has 40 heavy (non-hydrogen) atoms. The average Bonchev–Trinajstić information content (AvgIpc) is 2.96. The summed E-state index contributed by atoms with van der Waals surface area (Å²) < 4.78 is 48.1. The van der Waals surface area contributed by atoms with E-state index in [0.29, 0.717) is 30.9 Å². The quantitative estimate of drug-likeness (QED) is 0.406. The predicted octanol–water partition coefficient (Wildman–Crippen LogP) is 3.30. The number of pyridine rings is 1. The van der Waals surface area contributed by atoms with E-state index in [2.05, 4.69) is 14.6 Å². The number of benzene rings is 2. The predicted molar refractivity (Wildman–Crippen MR) is 150 cm³/mol. The van der Waals surface area contributed by atoms with E-state index in [4.69, 9.17) is 4.74 Å². The Kier molecular flexibility index (Phi) is 9.39. The number of amides is 1. The summed E-state index contributed by atoms with van der Waals surface area (Å²) >= 11 is 0. The van der Waals surface area contributed by atoms with Gasteiger partial charge in [0.1, 0.15) is 17.7 Å². The molecule has 1 aliphatic heterocycles. The highest BCUT2D eigenvalue weighted by Gasteiger charge is 2.31. The Morgan fingerprint density at radius 3 is 2.55 bits per heavy atom. The van der Waals surface area contributed by atoms with Crippen LogP contribution in [0.3, 0.4) is 0 Å². The van der Waals surface area contributed by atoms with Crippen LogP contribution in [0.4, 0.5) is 10.1 Å². The molecule has 0 saturated carbocycles. The number of aliphatic hydroxyl groups is 1. The van der Waals surface area contributed by atoms with Crippen LogP contribution in [0, 0.1) is 11.7 Å². The highest BCUT2D eigenvalue weighted by Crippen LogP contribution is 2.30. The molecule has 0 saturated heterocycles. The van der Waals surface area contributed by atoms with Gasteiger partial charge in [0.2, 0.25) is 5.91 Å². The summed E-state index contributed by atoms with van der Waals surface area (Å²) in [6, 6.07) is 12.9. The molecular weight excluding hydrogens is 535 g/mol. The smallest absolute Gasteiger partial charge is 0.261 e. The Balaban J connectivity index is 1.63. The molecule has 11 heteroatoms. The van der Waals surface area contributed by atoms with Gasteiger partial charge < -0.3 is 14.7 Å². The number of nitrogens with one attached hydrogen (secondary N) is 1. The van der Waals surface area contributed by atoms with Crippen LogP contribution in [0.1, 0.15) is 25.0 Å². The molecule has 0 aliphatic carbocycles. The Labute approximate surface area is 234 Å². The highest BCUT2D eigenvalue weighted by molar-refractivity contribution is 7.92. The van der Waals surface area contributed by atoms with Gasteiger partial charge in [0.15, 0.2) is 0 Å². The van der Waals surface area contributed by atoms with Crippen molar-refractivity contribution in [3.8, 4) is 5.75 Å². The topological polar surface area (TPSA) is 112 Å². The summed E-state index contributed by atoms with van der Waals surface area (Å²) in [6.45, 7) is 5.27. The number of carbonyl (C=O) groups excluding carboxylic acids is 1. The second-order valence-electron chi connectivity index (χ2n) is 10.3. The molecular formula is C29H35FN4O5S. The Morgan fingerprint density at radius 2 is 1.88 bits per heavy atom. The van der Waals surface area contributed by atoms with E-state index < -0.39 is 21.9 Å². The molecule has 1 aliphatic rings. The largest absolute Gasteiger partial charge is 0.488 e. The minimum absolute atomic E-state index is 0.0297. The lowest BCUT2D eigenvalue weighted by molar-refractivity contribution is -0.134. The molecule has 0 fully saturated rings. The van der Waals surface area contributed by atoms with Crippen LogP contribution in [0.5, 0.6) is 5.75 Å². The molecule has 1 amide bonds. The van der Waals surface area contributed by atoms with Crippen LogP contribution < -0.4 is 9.46 Å².